The highest BCUT2D eigenvalue weighted by molar-refractivity contribution is 7.99. The van der Waals surface area contributed by atoms with Crippen LogP contribution in [0.2, 0.25) is 0 Å². The van der Waals surface area contributed by atoms with Crippen molar-refractivity contribution in [3.8, 4) is 6.07 Å². The molecular formula is C9H6FNO2S. The molecule has 3 nitrogen and oxygen atoms in total. The van der Waals surface area contributed by atoms with Crippen LogP contribution in [0.3, 0.4) is 0 Å². The van der Waals surface area contributed by atoms with Crippen molar-refractivity contribution in [3.63, 3.8) is 0 Å². The van der Waals surface area contributed by atoms with Crippen molar-refractivity contribution in [2.45, 2.75) is 4.90 Å². The maximum absolute atomic E-state index is 12.9. The summed E-state index contributed by atoms with van der Waals surface area (Å²) in [6.07, 6.45) is 0. The van der Waals surface area contributed by atoms with E-state index >= 15 is 0 Å². The molecule has 0 unspecified atom stereocenters. The van der Waals surface area contributed by atoms with Crippen LogP contribution >= 0.6 is 11.8 Å². The number of carboxylic acid groups (broad SMARTS) is 1. The van der Waals surface area contributed by atoms with Gasteiger partial charge in [0, 0.05) is 4.90 Å². The molecule has 0 amide bonds. The Labute approximate surface area is 84.2 Å². The van der Waals surface area contributed by atoms with Crippen molar-refractivity contribution < 1.29 is 14.3 Å². The first-order valence-corrected chi connectivity index (χ1v) is 4.66. The number of carboxylic acids is 1. The molecule has 0 fully saturated rings. The van der Waals surface area contributed by atoms with Gasteiger partial charge in [-0.25, -0.2) is 9.18 Å². The standard InChI is InChI=1S/C9H6FNO2S/c10-8-2-1-6(14-4-3-11)5-7(8)9(12)13/h1-2,5H,4H2,(H,12,13). The second kappa shape index (κ2) is 4.63. The molecule has 14 heavy (non-hydrogen) atoms. The van der Waals surface area contributed by atoms with Crippen LogP contribution in [-0.4, -0.2) is 16.8 Å². The van der Waals surface area contributed by atoms with Crippen LogP contribution in [0.5, 0.6) is 0 Å². The van der Waals surface area contributed by atoms with Crippen LogP contribution in [0.4, 0.5) is 4.39 Å². The van der Waals surface area contributed by atoms with Crippen molar-refractivity contribution in [2.75, 3.05) is 5.75 Å². The number of rotatable bonds is 3. The van der Waals surface area contributed by atoms with Gasteiger partial charge in [-0.05, 0) is 18.2 Å². The van der Waals surface area contributed by atoms with E-state index in [0.29, 0.717) is 4.90 Å². The quantitative estimate of drug-likeness (QED) is 0.778. The molecule has 0 radical (unpaired) electrons. The Morgan fingerprint density at radius 1 is 1.64 bits per heavy atom. The highest BCUT2D eigenvalue weighted by atomic mass is 32.2. The summed E-state index contributed by atoms with van der Waals surface area (Å²) < 4.78 is 12.9. The van der Waals surface area contributed by atoms with Gasteiger partial charge < -0.3 is 5.11 Å². The Morgan fingerprint density at radius 3 is 2.93 bits per heavy atom. The SMILES string of the molecule is N#CCSc1ccc(F)c(C(=O)O)c1. The van der Waals surface area contributed by atoms with E-state index in [1.165, 1.54) is 23.9 Å². The summed E-state index contributed by atoms with van der Waals surface area (Å²) in [5, 5.41) is 16.9. The van der Waals surface area contributed by atoms with Gasteiger partial charge in [0.25, 0.3) is 0 Å². The maximum Gasteiger partial charge on any atom is 0.338 e. The van der Waals surface area contributed by atoms with Crippen molar-refractivity contribution in [3.05, 3.63) is 29.6 Å². The molecule has 5 heteroatoms. The summed E-state index contributed by atoms with van der Waals surface area (Å²) in [5.41, 5.74) is -0.368. The van der Waals surface area contributed by atoms with E-state index in [0.717, 1.165) is 6.07 Å². The number of aromatic carboxylic acids is 1. The average Bonchev–Trinajstić information content (AvgIpc) is 2.16. The third-order valence-corrected chi connectivity index (χ3v) is 2.33. The first-order valence-electron chi connectivity index (χ1n) is 3.67. The van der Waals surface area contributed by atoms with Crippen molar-refractivity contribution >= 4 is 17.7 Å². The van der Waals surface area contributed by atoms with Gasteiger partial charge in [0.2, 0.25) is 0 Å². The molecule has 0 saturated carbocycles. The maximum atomic E-state index is 12.9. The molecule has 0 saturated heterocycles. The van der Waals surface area contributed by atoms with Crippen LogP contribution in [-0.2, 0) is 0 Å². The second-order valence-electron chi connectivity index (χ2n) is 2.39. The number of nitriles is 1. The van der Waals surface area contributed by atoms with E-state index in [1.54, 1.807) is 0 Å². The topological polar surface area (TPSA) is 61.1 Å². The van der Waals surface area contributed by atoms with Crippen molar-refractivity contribution in [1.82, 2.24) is 0 Å². The second-order valence-corrected chi connectivity index (χ2v) is 3.44. The Balaban J connectivity index is 2.96. The van der Waals surface area contributed by atoms with Crippen LogP contribution in [0.1, 0.15) is 10.4 Å². The van der Waals surface area contributed by atoms with Gasteiger partial charge in [0.15, 0.2) is 0 Å². The predicted octanol–water partition coefficient (Wildman–Crippen LogP) is 2.14. The van der Waals surface area contributed by atoms with E-state index in [4.69, 9.17) is 10.4 Å². The van der Waals surface area contributed by atoms with Crippen LogP contribution in [0, 0.1) is 17.1 Å². The summed E-state index contributed by atoms with van der Waals surface area (Å²) >= 11 is 1.17. The third kappa shape index (κ3) is 2.47. The lowest BCUT2D eigenvalue weighted by atomic mass is 10.2. The van der Waals surface area contributed by atoms with Crippen molar-refractivity contribution in [1.29, 1.82) is 5.26 Å². The fourth-order valence-corrected chi connectivity index (χ4v) is 1.47. The van der Waals surface area contributed by atoms with E-state index in [9.17, 15) is 9.18 Å². The van der Waals surface area contributed by atoms with E-state index in [-0.39, 0.29) is 11.3 Å². The number of benzene rings is 1. The smallest absolute Gasteiger partial charge is 0.338 e. The van der Waals surface area contributed by atoms with Gasteiger partial charge >= 0.3 is 5.97 Å². The van der Waals surface area contributed by atoms with Crippen molar-refractivity contribution in [2.24, 2.45) is 0 Å². The normalized spacial score (nSPS) is 9.43. The lowest BCUT2D eigenvalue weighted by Gasteiger charge is -2.00. The monoisotopic (exact) mass is 211 g/mol. The average molecular weight is 211 g/mol. The van der Waals surface area contributed by atoms with Gasteiger partial charge in [-0.3, -0.25) is 0 Å². The van der Waals surface area contributed by atoms with Crippen LogP contribution < -0.4 is 0 Å². The fraction of sp³-hybridized carbons (Fsp3) is 0.111. The van der Waals surface area contributed by atoms with E-state index in [1.807, 2.05) is 6.07 Å². The number of carbonyl (C=O) groups is 1. The molecule has 0 aromatic heterocycles. The van der Waals surface area contributed by atoms with Gasteiger partial charge in [-0.2, -0.15) is 5.26 Å². The minimum absolute atomic E-state index is 0.213. The molecular weight excluding hydrogens is 205 g/mol. The van der Waals surface area contributed by atoms with Crippen LogP contribution in [0.25, 0.3) is 0 Å². The van der Waals surface area contributed by atoms with Gasteiger partial charge in [-0.15, -0.1) is 11.8 Å². The Hall–Kier alpha value is -1.54. The highest BCUT2D eigenvalue weighted by Crippen LogP contribution is 2.20. The summed E-state index contributed by atoms with van der Waals surface area (Å²) in [5.74, 6) is -1.86. The molecule has 0 aliphatic heterocycles. The largest absolute Gasteiger partial charge is 0.478 e. The third-order valence-electron chi connectivity index (χ3n) is 1.47. The first-order chi connectivity index (χ1) is 6.65. The lowest BCUT2D eigenvalue weighted by molar-refractivity contribution is 0.0691. The molecule has 0 spiro atoms. The minimum atomic E-state index is -1.30. The van der Waals surface area contributed by atoms with Gasteiger partial charge in [0.05, 0.1) is 17.4 Å². The number of nitrogens with zero attached hydrogens (tertiary/aromatic N) is 1. The molecule has 72 valence electrons. The number of thioether (sulfide) groups is 1. The number of hydrogen-bond donors (Lipinski definition) is 1. The summed E-state index contributed by atoms with van der Waals surface area (Å²) in [7, 11) is 0. The molecule has 1 aromatic rings. The van der Waals surface area contributed by atoms with Gasteiger partial charge in [-0.1, -0.05) is 0 Å². The Morgan fingerprint density at radius 2 is 2.36 bits per heavy atom. The highest BCUT2D eigenvalue weighted by Gasteiger charge is 2.10. The van der Waals surface area contributed by atoms with E-state index < -0.39 is 11.8 Å². The lowest BCUT2D eigenvalue weighted by Crippen LogP contribution is -2.00. The molecule has 1 rings (SSSR count). The minimum Gasteiger partial charge on any atom is -0.478 e. The zero-order valence-corrected chi connectivity index (χ0v) is 7.84. The van der Waals surface area contributed by atoms with Gasteiger partial charge in [0.1, 0.15) is 5.82 Å². The molecule has 1 aromatic carbocycles. The Kier molecular flexibility index (Phi) is 3.48. The zero-order valence-electron chi connectivity index (χ0n) is 7.03. The summed E-state index contributed by atoms with van der Waals surface area (Å²) in [6, 6.07) is 5.66. The molecule has 0 aliphatic rings. The first kappa shape index (κ1) is 10.5. The summed E-state index contributed by atoms with van der Waals surface area (Å²) in [4.78, 5) is 11.1. The van der Waals surface area contributed by atoms with Crippen LogP contribution in [0.15, 0.2) is 23.1 Å². The Bertz CT molecular complexity index is 400. The zero-order chi connectivity index (χ0) is 10.6. The molecule has 0 heterocycles. The predicted molar refractivity (Wildman–Crippen MR) is 49.7 cm³/mol. The molecule has 1 N–H and O–H groups in total. The summed E-state index contributed by atoms with van der Waals surface area (Å²) in [6.45, 7) is 0. The molecule has 0 atom stereocenters. The fourth-order valence-electron chi connectivity index (χ4n) is 0.874. The molecule has 0 aliphatic carbocycles. The molecule has 0 bridgehead atoms. The number of hydrogen-bond acceptors (Lipinski definition) is 3. The van der Waals surface area contributed by atoms with E-state index in [2.05, 4.69) is 0 Å². The number of halogens is 1.